The Balaban J connectivity index is 1.63. The van der Waals surface area contributed by atoms with Crippen molar-refractivity contribution in [2.75, 3.05) is 7.05 Å². The van der Waals surface area contributed by atoms with Gasteiger partial charge in [0.2, 0.25) is 5.91 Å². The van der Waals surface area contributed by atoms with Crippen LogP contribution in [-0.2, 0) is 17.9 Å². The average molecular weight is 402 g/mol. The maximum Gasteiger partial charge on any atom is 0.263 e. The van der Waals surface area contributed by atoms with Crippen LogP contribution in [0.3, 0.4) is 0 Å². The minimum absolute atomic E-state index is 0.0105. The molecule has 4 aromatic heterocycles. The summed E-state index contributed by atoms with van der Waals surface area (Å²) in [4.78, 5) is 34.3. The van der Waals surface area contributed by atoms with Crippen molar-refractivity contribution in [2.45, 2.75) is 13.1 Å². The van der Waals surface area contributed by atoms with Crippen molar-refractivity contribution >= 4 is 50.1 Å². The van der Waals surface area contributed by atoms with Gasteiger partial charge in [-0.15, -0.1) is 34.0 Å². The molecule has 8 heteroatoms. The highest BCUT2D eigenvalue weighted by Crippen LogP contribution is 2.33. The fourth-order valence-electron chi connectivity index (χ4n) is 2.68. The Kier molecular flexibility index (Phi) is 4.71. The van der Waals surface area contributed by atoms with E-state index in [4.69, 9.17) is 0 Å². The van der Waals surface area contributed by atoms with Crippen LogP contribution in [0.2, 0.25) is 0 Å². The molecule has 5 nitrogen and oxygen atoms in total. The SMILES string of the molecule is CN(Cc1cccs1)C(=O)Cn1cnc2scc(-c3cccs3)c2c1=O. The van der Waals surface area contributed by atoms with Gasteiger partial charge in [0.25, 0.3) is 5.56 Å². The zero-order valence-corrected chi connectivity index (χ0v) is 16.4. The van der Waals surface area contributed by atoms with Crippen LogP contribution >= 0.6 is 34.0 Å². The standard InChI is InChI=1S/C18H15N3O2S3/c1-20(8-12-4-2-6-24-12)15(22)9-21-11-19-17-16(18(21)23)13(10-26-17)14-5-3-7-25-14/h2-7,10-11H,8-9H2,1H3. The summed E-state index contributed by atoms with van der Waals surface area (Å²) in [6.45, 7) is 0.531. The summed E-state index contributed by atoms with van der Waals surface area (Å²) in [5.74, 6) is -0.116. The van der Waals surface area contributed by atoms with E-state index in [0.29, 0.717) is 16.8 Å². The Hall–Kier alpha value is -2.29. The number of carbonyl (C=O) groups is 1. The van der Waals surface area contributed by atoms with E-state index < -0.39 is 0 Å². The van der Waals surface area contributed by atoms with Gasteiger partial charge in [-0.25, -0.2) is 4.98 Å². The molecule has 0 saturated carbocycles. The largest absolute Gasteiger partial charge is 0.339 e. The van der Waals surface area contributed by atoms with Crippen LogP contribution in [0.5, 0.6) is 0 Å². The van der Waals surface area contributed by atoms with Gasteiger partial charge in [-0.2, -0.15) is 0 Å². The van der Waals surface area contributed by atoms with Gasteiger partial charge < -0.3 is 4.90 Å². The number of fused-ring (bicyclic) bond motifs is 1. The maximum atomic E-state index is 12.9. The first-order valence-corrected chi connectivity index (χ1v) is 10.5. The molecule has 0 unspecified atom stereocenters. The predicted molar refractivity (Wildman–Crippen MR) is 108 cm³/mol. The quantitative estimate of drug-likeness (QED) is 0.510. The van der Waals surface area contributed by atoms with Crippen molar-refractivity contribution in [3.8, 4) is 10.4 Å². The molecule has 1 amide bonds. The van der Waals surface area contributed by atoms with Gasteiger partial charge in [0.1, 0.15) is 11.4 Å². The second-order valence-electron chi connectivity index (χ2n) is 5.81. The predicted octanol–water partition coefficient (Wildman–Crippen LogP) is 3.91. The van der Waals surface area contributed by atoms with Crippen molar-refractivity contribution in [2.24, 2.45) is 0 Å². The summed E-state index contributed by atoms with van der Waals surface area (Å²) in [6.07, 6.45) is 1.47. The Labute approximate surface area is 161 Å². The molecule has 0 aliphatic rings. The molecule has 0 atom stereocenters. The summed E-state index contributed by atoms with van der Waals surface area (Å²) >= 11 is 4.65. The smallest absolute Gasteiger partial charge is 0.263 e. The monoisotopic (exact) mass is 401 g/mol. The minimum atomic E-state index is -0.169. The molecule has 0 aliphatic carbocycles. The second kappa shape index (κ2) is 7.14. The van der Waals surface area contributed by atoms with E-state index in [1.54, 1.807) is 34.6 Å². The van der Waals surface area contributed by atoms with E-state index in [0.717, 1.165) is 15.3 Å². The summed E-state index contributed by atoms with van der Waals surface area (Å²) < 4.78 is 1.40. The Morgan fingerprint density at radius 2 is 2.00 bits per heavy atom. The highest BCUT2D eigenvalue weighted by atomic mass is 32.1. The van der Waals surface area contributed by atoms with Gasteiger partial charge in [-0.05, 0) is 22.9 Å². The molecule has 4 aromatic rings. The topological polar surface area (TPSA) is 55.2 Å². The zero-order chi connectivity index (χ0) is 18.1. The van der Waals surface area contributed by atoms with Crippen LogP contribution in [0.1, 0.15) is 4.88 Å². The summed E-state index contributed by atoms with van der Waals surface area (Å²) in [5.41, 5.74) is 0.726. The fraction of sp³-hybridized carbons (Fsp3) is 0.167. The molecule has 0 spiro atoms. The first-order valence-electron chi connectivity index (χ1n) is 7.90. The molecule has 4 heterocycles. The van der Waals surface area contributed by atoms with Gasteiger partial charge in [-0.1, -0.05) is 12.1 Å². The lowest BCUT2D eigenvalue weighted by Gasteiger charge is -2.16. The summed E-state index contributed by atoms with van der Waals surface area (Å²) in [7, 11) is 1.75. The molecular formula is C18H15N3O2S3. The summed E-state index contributed by atoms with van der Waals surface area (Å²) in [5, 5.41) is 6.52. The van der Waals surface area contributed by atoms with Crippen LogP contribution in [0.25, 0.3) is 20.7 Å². The van der Waals surface area contributed by atoms with Gasteiger partial charge in [-0.3, -0.25) is 14.2 Å². The average Bonchev–Trinajstić information content (AvgIpc) is 3.37. The number of hydrogen-bond acceptors (Lipinski definition) is 6. The molecule has 0 fully saturated rings. The fourth-order valence-corrected chi connectivity index (χ4v) is 5.16. The third kappa shape index (κ3) is 3.23. The molecule has 0 bridgehead atoms. The van der Waals surface area contributed by atoms with Crippen LogP contribution < -0.4 is 5.56 Å². The van der Waals surface area contributed by atoms with Crippen molar-refractivity contribution in [3.63, 3.8) is 0 Å². The molecule has 0 saturated heterocycles. The van der Waals surface area contributed by atoms with E-state index in [1.165, 1.54) is 22.2 Å². The lowest BCUT2D eigenvalue weighted by atomic mass is 10.2. The van der Waals surface area contributed by atoms with Gasteiger partial charge in [0.15, 0.2) is 0 Å². The van der Waals surface area contributed by atoms with Crippen LogP contribution in [0, 0.1) is 0 Å². The Bertz CT molecular complexity index is 1090. The number of amides is 1. The first-order chi connectivity index (χ1) is 12.6. The molecular weight excluding hydrogens is 386 g/mol. The Morgan fingerprint density at radius 1 is 1.19 bits per heavy atom. The highest BCUT2D eigenvalue weighted by Gasteiger charge is 2.17. The molecule has 0 aliphatic heterocycles. The molecule has 26 heavy (non-hydrogen) atoms. The summed E-state index contributed by atoms with van der Waals surface area (Å²) in [6, 6.07) is 7.90. The molecule has 132 valence electrons. The second-order valence-corrected chi connectivity index (χ2v) is 8.65. The number of rotatable bonds is 5. The molecule has 4 rings (SSSR count). The Morgan fingerprint density at radius 3 is 2.73 bits per heavy atom. The number of thiophene rings is 3. The number of carbonyl (C=O) groups excluding carboxylic acids is 1. The van der Waals surface area contributed by atoms with Crippen molar-refractivity contribution in [3.05, 3.63) is 62.0 Å². The lowest BCUT2D eigenvalue weighted by Crippen LogP contribution is -2.33. The van der Waals surface area contributed by atoms with Crippen molar-refractivity contribution in [1.29, 1.82) is 0 Å². The maximum absolute atomic E-state index is 12.9. The van der Waals surface area contributed by atoms with E-state index in [2.05, 4.69) is 4.98 Å². The van der Waals surface area contributed by atoms with E-state index in [1.807, 2.05) is 40.4 Å². The molecule has 0 aromatic carbocycles. The van der Waals surface area contributed by atoms with Crippen LogP contribution in [0.4, 0.5) is 0 Å². The van der Waals surface area contributed by atoms with E-state index in [9.17, 15) is 9.59 Å². The lowest BCUT2D eigenvalue weighted by molar-refractivity contribution is -0.131. The number of aromatic nitrogens is 2. The molecule has 0 radical (unpaired) electrons. The third-order valence-electron chi connectivity index (χ3n) is 4.05. The van der Waals surface area contributed by atoms with Crippen molar-refractivity contribution in [1.82, 2.24) is 14.5 Å². The van der Waals surface area contributed by atoms with Gasteiger partial charge in [0, 0.05) is 27.7 Å². The number of likely N-dealkylation sites (N-methyl/N-ethyl adjacent to an activating group) is 1. The number of nitrogens with zero attached hydrogens (tertiary/aromatic N) is 3. The highest BCUT2D eigenvalue weighted by molar-refractivity contribution is 7.18. The minimum Gasteiger partial charge on any atom is -0.339 e. The van der Waals surface area contributed by atoms with E-state index >= 15 is 0 Å². The molecule has 0 N–H and O–H groups in total. The van der Waals surface area contributed by atoms with Gasteiger partial charge >= 0.3 is 0 Å². The van der Waals surface area contributed by atoms with Crippen molar-refractivity contribution < 1.29 is 4.79 Å². The zero-order valence-electron chi connectivity index (χ0n) is 13.9. The van der Waals surface area contributed by atoms with E-state index in [-0.39, 0.29) is 18.0 Å². The third-order valence-corrected chi connectivity index (χ3v) is 6.70. The first kappa shape index (κ1) is 17.1. The van der Waals surface area contributed by atoms with Crippen LogP contribution in [0.15, 0.2) is 51.5 Å². The number of hydrogen-bond donors (Lipinski definition) is 0. The van der Waals surface area contributed by atoms with Crippen LogP contribution in [-0.4, -0.2) is 27.4 Å². The van der Waals surface area contributed by atoms with Gasteiger partial charge in [0.05, 0.1) is 18.3 Å². The normalized spacial score (nSPS) is 11.1.